The Bertz CT molecular complexity index is 584. The van der Waals surface area contributed by atoms with Gasteiger partial charge in [0.05, 0.1) is 0 Å². The van der Waals surface area contributed by atoms with Crippen LogP contribution in [0.3, 0.4) is 0 Å². The first kappa shape index (κ1) is 15.0. The van der Waals surface area contributed by atoms with E-state index in [4.69, 9.17) is 4.74 Å². The molecule has 0 spiro atoms. The van der Waals surface area contributed by atoms with E-state index in [9.17, 15) is 0 Å². The highest BCUT2D eigenvalue weighted by Crippen LogP contribution is 2.29. The highest BCUT2D eigenvalue weighted by molar-refractivity contribution is 9.10. The van der Waals surface area contributed by atoms with Crippen molar-refractivity contribution in [3.05, 3.63) is 52.3 Å². The number of rotatable bonds is 5. The molecular formula is C16H19BrN2O. The van der Waals surface area contributed by atoms with E-state index in [-0.39, 0.29) is 0 Å². The molecule has 0 amide bonds. The third-order valence-corrected chi connectivity index (χ3v) is 3.42. The largest absolute Gasteiger partial charge is 0.457 e. The Labute approximate surface area is 128 Å². The molecule has 3 nitrogen and oxygen atoms in total. The van der Waals surface area contributed by atoms with Gasteiger partial charge < -0.3 is 10.1 Å². The van der Waals surface area contributed by atoms with Crippen molar-refractivity contribution < 1.29 is 4.74 Å². The summed E-state index contributed by atoms with van der Waals surface area (Å²) in [6.07, 6.45) is 3.60. The predicted octanol–water partition coefficient (Wildman–Crippen LogP) is 4.44. The maximum atomic E-state index is 6.04. The Morgan fingerprint density at radius 2 is 2.05 bits per heavy atom. The summed E-state index contributed by atoms with van der Waals surface area (Å²) in [5.74, 6) is 1.70. The van der Waals surface area contributed by atoms with E-state index in [0.717, 1.165) is 33.6 Å². The van der Waals surface area contributed by atoms with Crippen LogP contribution >= 0.6 is 15.9 Å². The molecule has 0 fully saturated rings. The summed E-state index contributed by atoms with van der Waals surface area (Å²) < 4.78 is 7.05. The first-order valence-corrected chi connectivity index (χ1v) is 7.46. The topological polar surface area (TPSA) is 34.1 Å². The third kappa shape index (κ3) is 4.05. The van der Waals surface area contributed by atoms with Gasteiger partial charge in [0, 0.05) is 35.0 Å². The zero-order chi connectivity index (χ0) is 14.5. The highest BCUT2D eigenvalue weighted by Gasteiger charge is 2.08. The molecule has 2 rings (SSSR count). The summed E-state index contributed by atoms with van der Waals surface area (Å²) in [6.45, 7) is 7.02. The van der Waals surface area contributed by atoms with Crippen LogP contribution in [0.15, 0.2) is 41.1 Å². The van der Waals surface area contributed by atoms with Crippen molar-refractivity contribution in [2.75, 3.05) is 0 Å². The Balaban J connectivity index is 2.22. The van der Waals surface area contributed by atoms with Gasteiger partial charge in [-0.2, -0.15) is 0 Å². The van der Waals surface area contributed by atoms with Gasteiger partial charge in [-0.1, -0.05) is 35.8 Å². The van der Waals surface area contributed by atoms with Crippen LogP contribution in [0.4, 0.5) is 0 Å². The van der Waals surface area contributed by atoms with Gasteiger partial charge in [0.25, 0.3) is 0 Å². The number of benzene rings is 1. The molecule has 106 valence electrons. The zero-order valence-corrected chi connectivity index (χ0v) is 13.6. The van der Waals surface area contributed by atoms with Gasteiger partial charge in [-0.25, -0.2) is 0 Å². The lowest BCUT2D eigenvalue weighted by atomic mass is 10.2. The lowest BCUT2D eigenvalue weighted by Gasteiger charge is -2.14. The van der Waals surface area contributed by atoms with Crippen LogP contribution in [0.5, 0.6) is 11.5 Å². The molecule has 1 heterocycles. The van der Waals surface area contributed by atoms with Crippen LogP contribution in [-0.4, -0.2) is 11.0 Å². The maximum Gasteiger partial charge on any atom is 0.135 e. The van der Waals surface area contributed by atoms with E-state index in [2.05, 4.69) is 40.1 Å². The minimum absolute atomic E-state index is 0.427. The van der Waals surface area contributed by atoms with Crippen molar-refractivity contribution in [1.82, 2.24) is 10.3 Å². The molecule has 0 aliphatic rings. The molecule has 1 N–H and O–H groups in total. The molecule has 0 aliphatic carbocycles. The van der Waals surface area contributed by atoms with E-state index in [0.29, 0.717) is 6.04 Å². The normalized spacial score (nSPS) is 10.8. The lowest BCUT2D eigenvalue weighted by Crippen LogP contribution is -2.22. The van der Waals surface area contributed by atoms with Gasteiger partial charge in [-0.05, 0) is 30.7 Å². The molecule has 0 radical (unpaired) electrons. The molecule has 0 saturated heterocycles. The summed E-state index contributed by atoms with van der Waals surface area (Å²) in [7, 11) is 0. The van der Waals surface area contributed by atoms with Crippen molar-refractivity contribution in [3.63, 3.8) is 0 Å². The molecular weight excluding hydrogens is 316 g/mol. The van der Waals surface area contributed by atoms with Crippen molar-refractivity contribution in [2.24, 2.45) is 0 Å². The Morgan fingerprint density at radius 1 is 1.25 bits per heavy atom. The molecule has 1 aromatic carbocycles. The van der Waals surface area contributed by atoms with Crippen molar-refractivity contribution in [3.8, 4) is 11.5 Å². The van der Waals surface area contributed by atoms with Crippen LogP contribution in [0, 0.1) is 6.92 Å². The average molecular weight is 335 g/mol. The molecule has 0 unspecified atom stereocenters. The molecule has 20 heavy (non-hydrogen) atoms. The van der Waals surface area contributed by atoms with Crippen LogP contribution in [-0.2, 0) is 6.54 Å². The highest BCUT2D eigenvalue weighted by atomic mass is 79.9. The van der Waals surface area contributed by atoms with Gasteiger partial charge in [0.1, 0.15) is 11.5 Å². The number of halogens is 1. The second-order valence-electron chi connectivity index (χ2n) is 5.03. The Morgan fingerprint density at radius 3 is 2.80 bits per heavy atom. The number of nitrogens with one attached hydrogen (secondary N) is 1. The van der Waals surface area contributed by atoms with Gasteiger partial charge in [-0.15, -0.1) is 0 Å². The molecule has 2 aromatic rings. The number of pyridine rings is 1. The molecule has 4 heteroatoms. The van der Waals surface area contributed by atoms with E-state index in [1.807, 2.05) is 37.4 Å². The molecule has 0 saturated carbocycles. The second-order valence-corrected chi connectivity index (χ2v) is 5.95. The average Bonchev–Trinajstić information content (AvgIpc) is 2.42. The summed E-state index contributed by atoms with van der Waals surface area (Å²) in [6, 6.07) is 8.35. The summed E-state index contributed by atoms with van der Waals surface area (Å²) in [5.41, 5.74) is 2.16. The molecule has 0 atom stereocenters. The van der Waals surface area contributed by atoms with E-state index in [1.165, 1.54) is 0 Å². The van der Waals surface area contributed by atoms with Crippen LogP contribution in [0.1, 0.15) is 25.0 Å². The smallest absolute Gasteiger partial charge is 0.135 e. The van der Waals surface area contributed by atoms with Crippen LogP contribution in [0.25, 0.3) is 0 Å². The van der Waals surface area contributed by atoms with Crippen LogP contribution < -0.4 is 10.1 Å². The number of ether oxygens (including phenoxy) is 1. The quantitative estimate of drug-likeness (QED) is 0.877. The fraction of sp³-hybridized carbons (Fsp3) is 0.312. The molecule has 0 aliphatic heterocycles. The number of hydrogen-bond donors (Lipinski definition) is 1. The summed E-state index contributed by atoms with van der Waals surface area (Å²) in [4.78, 5) is 4.18. The van der Waals surface area contributed by atoms with Crippen LogP contribution in [0.2, 0.25) is 0 Å². The van der Waals surface area contributed by atoms with Gasteiger partial charge in [-0.3, -0.25) is 4.98 Å². The monoisotopic (exact) mass is 334 g/mol. The third-order valence-electron chi connectivity index (χ3n) is 2.93. The van der Waals surface area contributed by atoms with Gasteiger partial charge in [0.2, 0.25) is 0 Å². The molecule has 1 aromatic heterocycles. The number of aromatic nitrogens is 1. The SMILES string of the molecule is Cc1ccc(Br)cc1Oc1ccncc1CNC(C)C. The fourth-order valence-electron chi connectivity index (χ4n) is 1.76. The number of nitrogens with zero attached hydrogens (tertiary/aromatic N) is 1. The van der Waals surface area contributed by atoms with Gasteiger partial charge in [0.15, 0.2) is 0 Å². The van der Waals surface area contributed by atoms with E-state index in [1.54, 1.807) is 6.20 Å². The van der Waals surface area contributed by atoms with Crippen molar-refractivity contribution in [1.29, 1.82) is 0 Å². The van der Waals surface area contributed by atoms with Crippen molar-refractivity contribution in [2.45, 2.75) is 33.4 Å². The number of hydrogen-bond acceptors (Lipinski definition) is 3. The Hall–Kier alpha value is -1.39. The minimum atomic E-state index is 0.427. The molecule has 0 bridgehead atoms. The fourth-order valence-corrected chi connectivity index (χ4v) is 2.10. The van der Waals surface area contributed by atoms with Crippen molar-refractivity contribution >= 4 is 15.9 Å². The summed E-state index contributed by atoms with van der Waals surface area (Å²) in [5, 5.41) is 3.38. The van der Waals surface area contributed by atoms with Gasteiger partial charge >= 0.3 is 0 Å². The first-order chi connectivity index (χ1) is 9.56. The standard InChI is InChI=1S/C16H19BrN2O/c1-11(2)19-10-13-9-18-7-6-15(13)20-16-8-14(17)5-4-12(16)3/h4-9,11,19H,10H2,1-3H3. The predicted molar refractivity (Wildman–Crippen MR) is 85.2 cm³/mol. The lowest BCUT2D eigenvalue weighted by molar-refractivity contribution is 0.464. The van der Waals surface area contributed by atoms with E-state index < -0.39 is 0 Å². The van der Waals surface area contributed by atoms with E-state index >= 15 is 0 Å². The summed E-state index contributed by atoms with van der Waals surface area (Å²) >= 11 is 3.47. The Kier molecular flexibility index (Phi) is 5.15. The minimum Gasteiger partial charge on any atom is -0.457 e. The first-order valence-electron chi connectivity index (χ1n) is 6.66. The number of aryl methyl sites for hydroxylation is 1. The second kappa shape index (κ2) is 6.86. The zero-order valence-electron chi connectivity index (χ0n) is 12.0. The maximum absolute atomic E-state index is 6.04.